The molecule has 0 unspecified atom stereocenters. The molecule has 0 amide bonds. The van der Waals surface area contributed by atoms with E-state index in [9.17, 15) is 9.59 Å². The molecule has 0 spiro atoms. The first-order valence-corrected chi connectivity index (χ1v) is 8.13. The van der Waals surface area contributed by atoms with E-state index in [0.29, 0.717) is 24.1 Å². The van der Waals surface area contributed by atoms with Crippen LogP contribution >= 0.6 is 11.6 Å². The van der Waals surface area contributed by atoms with Gasteiger partial charge in [-0.25, -0.2) is 10.2 Å². The molecule has 2 aromatic heterocycles. The lowest BCUT2D eigenvalue weighted by atomic mass is 10.2. The molecule has 2 heterocycles. The van der Waals surface area contributed by atoms with Crippen molar-refractivity contribution in [3.05, 3.63) is 55.7 Å². The summed E-state index contributed by atoms with van der Waals surface area (Å²) in [6.07, 6.45) is 1.55. The number of rotatable bonds is 6. The topological polar surface area (TPSA) is 106 Å². The van der Waals surface area contributed by atoms with Gasteiger partial charge in [-0.2, -0.15) is 10.1 Å². The van der Waals surface area contributed by atoms with Crippen molar-refractivity contribution in [1.82, 2.24) is 19.1 Å². The fourth-order valence-electron chi connectivity index (χ4n) is 2.46. The van der Waals surface area contributed by atoms with E-state index < -0.39 is 11.2 Å². The van der Waals surface area contributed by atoms with Crippen LogP contribution in [-0.4, -0.2) is 39.0 Å². The van der Waals surface area contributed by atoms with Crippen LogP contribution in [-0.2, 0) is 18.3 Å². The number of nitrogens with one attached hydrogen (secondary N) is 2. The molecular formula is C16H17ClN6O3. The highest BCUT2D eigenvalue weighted by molar-refractivity contribution is 6.33. The van der Waals surface area contributed by atoms with Crippen molar-refractivity contribution in [1.29, 1.82) is 0 Å². The van der Waals surface area contributed by atoms with Gasteiger partial charge >= 0.3 is 5.69 Å². The van der Waals surface area contributed by atoms with Gasteiger partial charge in [-0.05, 0) is 6.07 Å². The van der Waals surface area contributed by atoms with Crippen LogP contribution in [0.3, 0.4) is 0 Å². The summed E-state index contributed by atoms with van der Waals surface area (Å²) in [5.74, 6) is 0.312. The molecule has 3 rings (SSSR count). The number of aryl methyl sites for hydroxylation is 1. The van der Waals surface area contributed by atoms with Crippen LogP contribution in [0.25, 0.3) is 11.2 Å². The van der Waals surface area contributed by atoms with Gasteiger partial charge in [0.1, 0.15) is 0 Å². The molecule has 3 aromatic rings. The maximum absolute atomic E-state index is 12.2. The van der Waals surface area contributed by atoms with Crippen LogP contribution in [0.15, 0.2) is 39.0 Å². The molecule has 0 atom stereocenters. The molecule has 0 aliphatic rings. The molecule has 0 radical (unpaired) electrons. The van der Waals surface area contributed by atoms with Crippen LogP contribution in [0, 0.1) is 0 Å². The summed E-state index contributed by atoms with van der Waals surface area (Å²) < 4.78 is 7.97. The lowest BCUT2D eigenvalue weighted by Crippen LogP contribution is -2.29. The molecule has 0 bridgehead atoms. The van der Waals surface area contributed by atoms with Crippen molar-refractivity contribution in [2.24, 2.45) is 12.1 Å². The third-order valence-corrected chi connectivity index (χ3v) is 4.14. The van der Waals surface area contributed by atoms with Crippen LogP contribution in [0.2, 0.25) is 5.02 Å². The summed E-state index contributed by atoms with van der Waals surface area (Å²) in [4.78, 5) is 30.6. The Labute approximate surface area is 152 Å². The lowest BCUT2D eigenvalue weighted by Gasteiger charge is -2.07. The molecule has 1 aromatic carbocycles. The summed E-state index contributed by atoms with van der Waals surface area (Å²) in [7, 11) is 3.09. The van der Waals surface area contributed by atoms with Crippen molar-refractivity contribution in [2.45, 2.75) is 6.54 Å². The number of benzene rings is 1. The Hall–Kier alpha value is -2.91. The van der Waals surface area contributed by atoms with Crippen LogP contribution in [0.4, 0.5) is 5.95 Å². The molecule has 136 valence electrons. The van der Waals surface area contributed by atoms with E-state index in [0.717, 1.165) is 5.56 Å². The first-order valence-electron chi connectivity index (χ1n) is 7.75. The number of hydrazone groups is 1. The highest BCUT2D eigenvalue weighted by Gasteiger charge is 2.16. The van der Waals surface area contributed by atoms with Crippen LogP contribution in [0.1, 0.15) is 5.56 Å². The second-order valence-corrected chi connectivity index (χ2v) is 5.87. The summed E-state index contributed by atoms with van der Waals surface area (Å²) in [6.45, 7) is 0.717. The van der Waals surface area contributed by atoms with Crippen LogP contribution in [0.5, 0.6) is 0 Å². The molecule has 0 saturated carbocycles. The van der Waals surface area contributed by atoms with E-state index in [1.807, 2.05) is 18.2 Å². The van der Waals surface area contributed by atoms with Gasteiger partial charge < -0.3 is 9.30 Å². The fraction of sp³-hybridized carbons (Fsp3) is 0.250. The molecular weight excluding hydrogens is 360 g/mol. The van der Waals surface area contributed by atoms with Gasteiger partial charge in [0.2, 0.25) is 5.95 Å². The van der Waals surface area contributed by atoms with Gasteiger partial charge in [-0.1, -0.05) is 29.8 Å². The maximum atomic E-state index is 12.2. The average Bonchev–Trinajstić information content (AvgIpc) is 2.99. The summed E-state index contributed by atoms with van der Waals surface area (Å²) >= 11 is 6.09. The van der Waals surface area contributed by atoms with E-state index in [-0.39, 0.29) is 11.2 Å². The number of imidazole rings is 1. The van der Waals surface area contributed by atoms with Gasteiger partial charge in [-0.3, -0.25) is 14.3 Å². The molecule has 2 N–H and O–H groups in total. The minimum absolute atomic E-state index is 0.255. The number of hydrogen-bond donors (Lipinski definition) is 2. The van der Waals surface area contributed by atoms with E-state index >= 15 is 0 Å². The zero-order chi connectivity index (χ0) is 18.7. The fourth-order valence-corrected chi connectivity index (χ4v) is 2.64. The Morgan fingerprint density at radius 1 is 1.38 bits per heavy atom. The number of anilines is 1. The van der Waals surface area contributed by atoms with E-state index in [4.69, 9.17) is 16.3 Å². The predicted octanol–water partition coefficient (Wildman–Crippen LogP) is 1.17. The number of hydrogen-bond acceptors (Lipinski definition) is 6. The molecule has 9 nitrogen and oxygen atoms in total. The minimum atomic E-state index is -0.537. The number of fused-ring (bicyclic) bond motifs is 1. The van der Waals surface area contributed by atoms with Gasteiger partial charge in [-0.15, -0.1) is 0 Å². The van der Waals surface area contributed by atoms with Gasteiger partial charge in [0, 0.05) is 31.3 Å². The lowest BCUT2D eigenvalue weighted by molar-refractivity contribution is 0.188. The number of methoxy groups -OCH3 is 1. The molecule has 0 fully saturated rings. The Balaban J connectivity index is 2.03. The highest BCUT2D eigenvalue weighted by atomic mass is 35.5. The third-order valence-electron chi connectivity index (χ3n) is 3.80. The summed E-state index contributed by atoms with van der Waals surface area (Å²) in [6, 6.07) is 7.24. The standard InChI is InChI=1S/C16H17ClN6O3/c1-22-13-12(14(24)20-16(22)25)23(7-8-26-2)15(19-13)21-18-9-10-5-3-4-6-11(10)17/h3-6,9H,7-8H2,1-2H3,(H,19,21)(H,20,24,25)/b18-9-. The Kier molecular flexibility index (Phi) is 5.19. The first kappa shape index (κ1) is 17.9. The Morgan fingerprint density at radius 2 is 2.15 bits per heavy atom. The zero-order valence-corrected chi connectivity index (χ0v) is 14.9. The molecule has 0 aliphatic heterocycles. The first-order chi connectivity index (χ1) is 12.5. The van der Waals surface area contributed by atoms with E-state index in [2.05, 4.69) is 20.5 Å². The third kappa shape index (κ3) is 3.39. The largest absolute Gasteiger partial charge is 0.383 e. The maximum Gasteiger partial charge on any atom is 0.329 e. The Bertz CT molecular complexity index is 1080. The number of ether oxygens (including phenoxy) is 1. The second-order valence-electron chi connectivity index (χ2n) is 5.46. The van der Waals surface area contributed by atoms with Gasteiger partial charge in [0.25, 0.3) is 5.56 Å². The normalized spacial score (nSPS) is 11.5. The highest BCUT2D eigenvalue weighted by Crippen LogP contribution is 2.16. The number of nitrogens with zero attached hydrogens (tertiary/aromatic N) is 4. The zero-order valence-electron chi connectivity index (χ0n) is 14.2. The SMILES string of the molecule is COCCn1c(N/N=C\c2ccccc2Cl)nc2c1c(=O)[nH]c(=O)n2C. The van der Waals surface area contributed by atoms with Gasteiger partial charge in [0.05, 0.1) is 12.8 Å². The molecule has 26 heavy (non-hydrogen) atoms. The summed E-state index contributed by atoms with van der Waals surface area (Å²) in [5, 5.41) is 4.70. The average molecular weight is 377 g/mol. The number of aromatic amines is 1. The second kappa shape index (κ2) is 7.54. The van der Waals surface area contributed by atoms with E-state index in [1.54, 1.807) is 24.0 Å². The van der Waals surface area contributed by atoms with Crippen molar-refractivity contribution in [3.8, 4) is 0 Å². The number of aromatic nitrogens is 4. The quantitative estimate of drug-likeness (QED) is 0.496. The predicted molar refractivity (Wildman–Crippen MR) is 100 cm³/mol. The minimum Gasteiger partial charge on any atom is -0.383 e. The monoisotopic (exact) mass is 376 g/mol. The number of H-pyrrole nitrogens is 1. The van der Waals surface area contributed by atoms with E-state index in [1.165, 1.54) is 11.6 Å². The number of halogens is 1. The van der Waals surface area contributed by atoms with Crippen molar-refractivity contribution < 1.29 is 4.74 Å². The smallest absolute Gasteiger partial charge is 0.329 e. The molecule has 0 saturated heterocycles. The van der Waals surface area contributed by atoms with Crippen molar-refractivity contribution >= 4 is 34.9 Å². The van der Waals surface area contributed by atoms with Crippen molar-refractivity contribution in [3.63, 3.8) is 0 Å². The summed E-state index contributed by atoms with van der Waals surface area (Å²) in [5.41, 5.74) is 2.99. The molecule has 0 aliphatic carbocycles. The van der Waals surface area contributed by atoms with Crippen LogP contribution < -0.4 is 16.7 Å². The van der Waals surface area contributed by atoms with Crippen molar-refractivity contribution in [2.75, 3.05) is 19.1 Å². The molecule has 10 heteroatoms. The Morgan fingerprint density at radius 3 is 2.88 bits per heavy atom. The van der Waals surface area contributed by atoms with Gasteiger partial charge in [0.15, 0.2) is 11.2 Å².